The Morgan fingerprint density at radius 3 is 2.46 bits per heavy atom. The molecule has 7 nitrogen and oxygen atoms in total. The summed E-state index contributed by atoms with van der Waals surface area (Å²) in [5.41, 5.74) is -0.101. The molecule has 0 spiro atoms. The van der Waals surface area contributed by atoms with Gasteiger partial charge in [-0.2, -0.15) is 0 Å². The maximum Gasteiger partial charge on any atom is 0.335 e. The van der Waals surface area contributed by atoms with E-state index in [1.54, 1.807) is 6.07 Å². The number of halogens is 1. The fourth-order valence-electron chi connectivity index (χ4n) is 2.46. The average Bonchev–Trinajstić information content (AvgIpc) is 2.61. The molecule has 0 bridgehead atoms. The summed E-state index contributed by atoms with van der Waals surface area (Å²) in [5.74, 6) is -2.43. The summed E-state index contributed by atoms with van der Waals surface area (Å²) in [7, 11) is 1.36. The fraction of sp³-hybridized carbons (Fsp3) is 0.0556. The molecule has 3 rings (SSSR count). The molecule has 0 atom stereocenters. The van der Waals surface area contributed by atoms with E-state index in [1.807, 2.05) is 5.32 Å². The Morgan fingerprint density at radius 2 is 1.81 bits per heavy atom. The molecular formula is C18H13FN2O5. The zero-order chi connectivity index (χ0) is 18.8. The number of benzene rings is 2. The van der Waals surface area contributed by atoms with Gasteiger partial charge in [0, 0.05) is 5.56 Å². The van der Waals surface area contributed by atoms with Gasteiger partial charge in [-0.25, -0.2) is 14.1 Å². The molecule has 1 saturated heterocycles. The predicted molar refractivity (Wildman–Crippen MR) is 90.1 cm³/mol. The molecule has 4 amide bonds. The van der Waals surface area contributed by atoms with Crippen LogP contribution in [0, 0.1) is 5.82 Å². The van der Waals surface area contributed by atoms with Crippen LogP contribution in [0.25, 0.3) is 6.08 Å². The number of ether oxygens (including phenoxy) is 1. The Labute approximate surface area is 147 Å². The van der Waals surface area contributed by atoms with Gasteiger partial charge in [0.15, 0.2) is 11.5 Å². The highest BCUT2D eigenvalue weighted by Crippen LogP contribution is 2.32. The number of imide groups is 2. The minimum atomic E-state index is -0.946. The number of nitrogens with one attached hydrogen (secondary N) is 1. The van der Waals surface area contributed by atoms with Gasteiger partial charge in [-0.1, -0.05) is 12.1 Å². The van der Waals surface area contributed by atoms with Crippen LogP contribution in [0.1, 0.15) is 5.56 Å². The number of urea groups is 1. The molecule has 0 unspecified atom stereocenters. The Balaban J connectivity index is 2.04. The van der Waals surface area contributed by atoms with Gasteiger partial charge in [0.25, 0.3) is 11.8 Å². The van der Waals surface area contributed by atoms with Crippen LogP contribution >= 0.6 is 0 Å². The number of carbonyl (C=O) groups excluding carboxylic acids is 3. The Kier molecular flexibility index (Phi) is 4.40. The van der Waals surface area contributed by atoms with Crippen molar-refractivity contribution < 1.29 is 28.6 Å². The topological polar surface area (TPSA) is 95.9 Å². The van der Waals surface area contributed by atoms with Crippen molar-refractivity contribution in [2.45, 2.75) is 0 Å². The first-order valence-corrected chi connectivity index (χ1v) is 7.45. The van der Waals surface area contributed by atoms with Gasteiger partial charge < -0.3 is 9.84 Å². The van der Waals surface area contributed by atoms with Crippen molar-refractivity contribution in [1.82, 2.24) is 5.32 Å². The molecule has 1 aliphatic rings. The largest absolute Gasteiger partial charge is 0.504 e. The van der Waals surface area contributed by atoms with Crippen molar-refractivity contribution >= 4 is 29.6 Å². The molecule has 0 aliphatic carbocycles. The fourth-order valence-corrected chi connectivity index (χ4v) is 2.46. The van der Waals surface area contributed by atoms with Crippen LogP contribution in [0.15, 0.2) is 48.0 Å². The maximum atomic E-state index is 13.1. The molecule has 26 heavy (non-hydrogen) atoms. The lowest BCUT2D eigenvalue weighted by atomic mass is 10.1. The number of rotatable bonds is 3. The number of para-hydroxylation sites is 1. The predicted octanol–water partition coefficient (Wildman–Crippen LogP) is 2.21. The summed E-state index contributed by atoms with van der Waals surface area (Å²) in [5, 5.41) is 12.2. The number of amides is 4. The number of nitrogens with zero attached hydrogens (tertiary/aromatic N) is 1. The van der Waals surface area contributed by atoms with Crippen molar-refractivity contribution in [2.24, 2.45) is 0 Å². The second kappa shape index (κ2) is 6.67. The van der Waals surface area contributed by atoms with Crippen LogP contribution in [0.4, 0.5) is 14.9 Å². The second-order valence-corrected chi connectivity index (χ2v) is 5.33. The standard InChI is InChI=1S/C18H13FN2O5/c1-26-14-4-2-3-10(15(14)22)9-13-16(23)20-18(25)21(17(13)24)12-7-5-11(19)6-8-12/h2-9,22H,1H3,(H,20,23,25)/b13-9-. The van der Waals surface area contributed by atoms with Crippen LogP contribution in [0.2, 0.25) is 0 Å². The van der Waals surface area contributed by atoms with Crippen LogP contribution in [0.3, 0.4) is 0 Å². The SMILES string of the molecule is COc1cccc(/C=C2/C(=O)NC(=O)N(c3ccc(F)cc3)C2=O)c1O. The van der Waals surface area contributed by atoms with Crippen molar-refractivity contribution in [2.75, 3.05) is 12.0 Å². The van der Waals surface area contributed by atoms with Crippen LogP contribution in [-0.2, 0) is 9.59 Å². The normalized spacial score (nSPS) is 16.0. The first-order chi connectivity index (χ1) is 12.4. The zero-order valence-electron chi connectivity index (χ0n) is 13.5. The van der Waals surface area contributed by atoms with E-state index < -0.39 is 23.7 Å². The molecule has 1 aliphatic heterocycles. The zero-order valence-corrected chi connectivity index (χ0v) is 13.5. The van der Waals surface area contributed by atoms with Crippen molar-refractivity contribution in [3.63, 3.8) is 0 Å². The first kappa shape index (κ1) is 17.2. The number of barbiturate groups is 1. The molecule has 1 heterocycles. The van der Waals surface area contributed by atoms with E-state index in [0.717, 1.165) is 18.2 Å². The first-order valence-electron chi connectivity index (χ1n) is 7.45. The molecule has 8 heteroatoms. The lowest BCUT2D eigenvalue weighted by Crippen LogP contribution is -2.54. The third-order valence-corrected chi connectivity index (χ3v) is 3.74. The van der Waals surface area contributed by atoms with E-state index in [9.17, 15) is 23.9 Å². The lowest BCUT2D eigenvalue weighted by Gasteiger charge is -2.26. The van der Waals surface area contributed by atoms with E-state index >= 15 is 0 Å². The number of methoxy groups -OCH3 is 1. The van der Waals surface area contributed by atoms with Crippen LogP contribution in [0.5, 0.6) is 11.5 Å². The van der Waals surface area contributed by atoms with E-state index in [2.05, 4.69) is 0 Å². The number of hydrogen-bond acceptors (Lipinski definition) is 5. The van der Waals surface area contributed by atoms with Gasteiger partial charge in [0.2, 0.25) is 0 Å². The van der Waals surface area contributed by atoms with Crippen LogP contribution < -0.4 is 15.0 Å². The highest BCUT2D eigenvalue weighted by molar-refractivity contribution is 6.39. The maximum absolute atomic E-state index is 13.1. The molecule has 0 saturated carbocycles. The molecule has 132 valence electrons. The van der Waals surface area contributed by atoms with Crippen molar-refractivity contribution in [1.29, 1.82) is 0 Å². The van der Waals surface area contributed by atoms with E-state index in [4.69, 9.17) is 4.74 Å². The third kappa shape index (κ3) is 3.00. The van der Waals surface area contributed by atoms with Gasteiger partial charge in [0.05, 0.1) is 12.8 Å². The van der Waals surface area contributed by atoms with E-state index in [1.165, 1.54) is 31.4 Å². The highest BCUT2D eigenvalue weighted by Gasteiger charge is 2.37. The quantitative estimate of drug-likeness (QED) is 0.649. The summed E-state index contributed by atoms with van der Waals surface area (Å²) in [6.07, 6.45) is 1.15. The Bertz CT molecular complexity index is 937. The lowest BCUT2D eigenvalue weighted by molar-refractivity contribution is -0.122. The Hall–Kier alpha value is -3.68. The van der Waals surface area contributed by atoms with Gasteiger partial charge in [-0.05, 0) is 36.4 Å². The number of anilines is 1. The number of hydrogen-bond donors (Lipinski definition) is 2. The second-order valence-electron chi connectivity index (χ2n) is 5.33. The molecule has 0 aromatic heterocycles. The minimum Gasteiger partial charge on any atom is -0.504 e. The van der Waals surface area contributed by atoms with Crippen LogP contribution in [-0.4, -0.2) is 30.1 Å². The summed E-state index contributed by atoms with van der Waals surface area (Å²) < 4.78 is 18.1. The number of phenolic OH excluding ortho intramolecular Hbond substituents is 1. The molecule has 0 radical (unpaired) electrons. The Morgan fingerprint density at radius 1 is 1.12 bits per heavy atom. The monoisotopic (exact) mass is 356 g/mol. The summed E-state index contributed by atoms with van der Waals surface area (Å²) in [6.45, 7) is 0. The smallest absolute Gasteiger partial charge is 0.335 e. The number of carbonyl (C=O) groups is 3. The van der Waals surface area contributed by atoms with Gasteiger partial charge >= 0.3 is 6.03 Å². The highest BCUT2D eigenvalue weighted by atomic mass is 19.1. The minimum absolute atomic E-state index is 0.0992. The van der Waals surface area contributed by atoms with Gasteiger partial charge in [0.1, 0.15) is 11.4 Å². The average molecular weight is 356 g/mol. The molecule has 2 aromatic carbocycles. The van der Waals surface area contributed by atoms with E-state index in [0.29, 0.717) is 4.90 Å². The summed E-state index contributed by atoms with van der Waals surface area (Å²) in [4.78, 5) is 37.5. The van der Waals surface area contributed by atoms with Crippen molar-refractivity contribution in [3.8, 4) is 11.5 Å². The molecule has 2 aromatic rings. The third-order valence-electron chi connectivity index (χ3n) is 3.74. The number of aromatic hydroxyl groups is 1. The molecule has 2 N–H and O–H groups in total. The van der Waals surface area contributed by atoms with E-state index in [-0.39, 0.29) is 28.3 Å². The molecular weight excluding hydrogens is 343 g/mol. The number of phenols is 1. The summed E-state index contributed by atoms with van der Waals surface area (Å²) in [6, 6.07) is 8.26. The van der Waals surface area contributed by atoms with Gasteiger partial charge in [-0.3, -0.25) is 14.9 Å². The van der Waals surface area contributed by atoms with Gasteiger partial charge in [-0.15, -0.1) is 0 Å². The summed E-state index contributed by atoms with van der Waals surface area (Å²) >= 11 is 0. The van der Waals surface area contributed by atoms with Crippen molar-refractivity contribution in [3.05, 3.63) is 59.4 Å². The molecule has 1 fully saturated rings.